The van der Waals surface area contributed by atoms with Crippen LogP contribution in [0.2, 0.25) is 0 Å². The summed E-state index contributed by atoms with van der Waals surface area (Å²) >= 11 is 4.50. The summed E-state index contributed by atoms with van der Waals surface area (Å²) in [5.41, 5.74) is 0.776. The first-order valence-corrected chi connectivity index (χ1v) is 8.36. The monoisotopic (exact) mass is 362 g/mol. The number of anilines is 1. The first kappa shape index (κ1) is 14.3. The smallest absolute Gasteiger partial charge is 0.263 e. The molecule has 0 amide bonds. The molecule has 0 saturated heterocycles. The van der Waals surface area contributed by atoms with E-state index in [1.165, 1.54) is 30.6 Å². The van der Waals surface area contributed by atoms with Crippen LogP contribution in [0.4, 0.5) is 5.13 Å². The summed E-state index contributed by atoms with van der Waals surface area (Å²) in [6.45, 7) is 1.80. The van der Waals surface area contributed by atoms with Crippen LogP contribution in [0.25, 0.3) is 0 Å². The van der Waals surface area contributed by atoms with Crippen molar-refractivity contribution in [1.29, 1.82) is 0 Å². The predicted molar refractivity (Wildman–Crippen MR) is 78.4 cm³/mol. The van der Waals surface area contributed by atoms with Crippen molar-refractivity contribution in [2.45, 2.75) is 11.8 Å². The second kappa shape index (κ2) is 5.48. The molecule has 1 aromatic carbocycles. The second-order valence-electron chi connectivity index (χ2n) is 3.70. The van der Waals surface area contributed by atoms with Gasteiger partial charge in [-0.05, 0) is 41.1 Å². The molecule has 0 aliphatic carbocycles. The largest absolute Gasteiger partial charge is 0.496 e. The van der Waals surface area contributed by atoms with Gasteiger partial charge in [0.1, 0.15) is 5.75 Å². The van der Waals surface area contributed by atoms with Crippen molar-refractivity contribution in [3.05, 3.63) is 33.7 Å². The van der Waals surface area contributed by atoms with E-state index in [0.29, 0.717) is 15.4 Å². The molecule has 0 bridgehead atoms. The zero-order valence-electron chi connectivity index (χ0n) is 10.2. The Kier molecular flexibility index (Phi) is 4.12. The van der Waals surface area contributed by atoms with Crippen LogP contribution in [0.1, 0.15) is 5.69 Å². The SMILES string of the molecule is COc1ccc(S(=O)(=O)Nc2nc(C)cs2)cc1Br. The number of aryl methyl sites for hydroxylation is 1. The van der Waals surface area contributed by atoms with Crippen LogP contribution in [0.5, 0.6) is 5.75 Å². The molecule has 0 fully saturated rings. The Balaban J connectivity index is 2.31. The number of nitrogens with zero attached hydrogens (tertiary/aromatic N) is 1. The molecule has 0 atom stereocenters. The normalized spacial score (nSPS) is 11.3. The summed E-state index contributed by atoms with van der Waals surface area (Å²) < 4.78 is 32.4. The Morgan fingerprint density at radius 2 is 2.16 bits per heavy atom. The van der Waals surface area contributed by atoms with Crippen LogP contribution >= 0.6 is 27.3 Å². The lowest BCUT2D eigenvalue weighted by Gasteiger charge is -2.08. The molecule has 0 unspecified atom stereocenters. The Hall–Kier alpha value is -1.12. The zero-order valence-corrected chi connectivity index (χ0v) is 13.4. The maximum absolute atomic E-state index is 12.2. The lowest BCUT2D eigenvalue weighted by Crippen LogP contribution is -2.12. The van der Waals surface area contributed by atoms with E-state index < -0.39 is 10.0 Å². The number of ether oxygens (including phenoxy) is 1. The first-order valence-electron chi connectivity index (χ1n) is 5.21. The topological polar surface area (TPSA) is 68.3 Å². The van der Waals surface area contributed by atoms with Crippen molar-refractivity contribution < 1.29 is 13.2 Å². The summed E-state index contributed by atoms with van der Waals surface area (Å²) in [6, 6.07) is 4.56. The molecule has 2 aromatic rings. The van der Waals surface area contributed by atoms with Crippen molar-refractivity contribution in [1.82, 2.24) is 4.98 Å². The molecule has 1 N–H and O–H groups in total. The number of methoxy groups -OCH3 is 1. The molecule has 0 spiro atoms. The van der Waals surface area contributed by atoms with Gasteiger partial charge in [0.05, 0.1) is 22.2 Å². The first-order chi connectivity index (χ1) is 8.92. The van der Waals surface area contributed by atoms with Crippen LogP contribution in [0.15, 0.2) is 32.9 Å². The molecule has 0 radical (unpaired) electrons. The molecule has 0 saturated carbocycles. The summed E-state index contributed by atoms with van der Waals surface area (Å²) in [6.07, 6.45) is 0. The van der Waals surface area contributed by atoms with Gasteiger partial charge in [0.15, 0.2) is 5.13 Å². The fraction of sp³-hybridized carbons (Fsp3) is 0.182. The van der Waals surface area contributed by atoms with Gasteiger partial charge in [0, 0.05) is 5.38 Å². The number of sulfonamides is 1. The average molecular weight is 363 g/mol. The quantitative estimate of drug-likeness (QED) is 0.907. The minimum absolute atomic E-state index is 0.146. The van der Waals surface area contributed by atoms with Crippen molar-refractivity contribution in [3.63, 3.8) is 0 Å². The van der Waals surface area contributed by atoms with Gasteiger partial charge >= 0.3 is 0 Å². The number of hydrogen-bond acceptors (Lipinski definition) is 5. The molecule has 0 aliphatic heterocycles. The highest BCUT2D eigenvalue weighted by Crippen LogP contribution is 2.28. The average Bonchev–Trinajstić information content (AvgIpc) is 2.73. The molecular weight excluding hydrogens is 352 g/mol. The molecule has 8 heteroatoms. The third-order valence-corrected chi connectivity index (χ3v) is 5.24. The number of benzene rings is 1. The van der Waals surface area contributed by atoms with Crippen molar-refractivity contribution in [2.24, 2.45) is 0 Å². The van der Waals surface area contributed by atoms with Crippen molar-refractivity contribution in [2.75, 3.05) is 11.8 Å². The van der Waals surface area contributed by atoms with E-state index >= 15 is 0 Å². The summed E-state index contributed by atoms with van der Waals surface area (Å²) in [5.74, 6) is 0.573. The van der Waals surface area contributed by atoms with Gasteiger partial charge in [-0.15, -0.1) is 11.3 Å². The minimum atomic E-state index is -3.64. The predicted octanol–water partition coefficient (Wildman–Crippen LogP) is 3.02. The number of thiazole rings is 1. The number of rotatable bonds is 4. The van der Waals surface area contributed by atoms with Gasteiger partial charge in [-0.25, -0.2) is 13.4 Å². The molecule has 102 valence electrons. The molecule has 5 nitrogen and oxygen atoms in total. The van der Waals surface area contributed by atoms with Gasteiger partial charge in [-0.2, -0.15) is 0 Å². The third kappa shape index (κ3) is 3.26. The molecule has 1 heterocycles. The van der Waals surface area contributed by atoms with Gasteiger partial charge in [-0.1, -0.05) is 0 Å². The number of nitrogens with one attached hydrogen (secondary N) is 1. The Labute approximate surface area is 123 Å². The Morgan fingerprint density at radius 1 is 1.42 bits per heavy atom. The molecule has 1 aromatic heterocycles. The lowest BCUT2D eigenvalue weighted by molar-refractivity contribution is 0.411. The van der Waals surface area contributed by atoms with Gasteiger partial charge in [0.2, 0.25) is 0 Å². The number of hydrogen-bond donors (Lipinski definition) is 1. The van der Waals surface area contributed by atoms with Gasteiger partial charge in [0.25, 0.3) is 10.0 Å². The highest BCUT2D eigenvalue weighted by Gasteiger charge is 2.17. The van der Waals surface area contributed by atoms with E-state index in [-0.39, 0.29) is 4.90 Å². The number of aromatic nitrogens is 1. The fourth-order valence-electron chi connectivity index (χ4n) is 1.39. The van der Waals surface area contributed by atoms with E-state index in [2.05, 4.69) is 25.6 Å². The summed E-state index contributed by atoms with van der Waals surface area (Å²) in [5, 5.41) is 2.13. The Bertz CT molecular complexity index is 698. The minimum Gasteiger partial charge on any atom is -0.496 e. The van der Waals surface area contributed by atoms with Crippen molar-refractivity contribution >= 4 is 42.4 Å². The van der Waals surface area contributed by atoms with E-state index in [0.717, 1.165) is 5.69 Å². The molecule has 2 rings (SSSR count). The van der Waals surface area contributed by atoms with E-state index in [4.69, 9.17) is 4.74 Å². The molecular formula is C11H11BrN2O3S2. The van der Waals surface area contributed by atoms with Gasteiger partial charge < -0.3 is 4.74 Å². The zero-order chi connectivity index (χ0) is 14.0. The second-order valence-corrected chi connectivity index (χ2v) is 7.09. The fourth-order valence-corrected chi connectivity index (χ4v) is 4.05. The molecule has 0 aliphatic rings. The maximum Gasteiger partial charge on any atom is 0.263 e. The van der Waals surface area contributed by atoms with Crippen LogP contribution in [0.3, 0.4) is 0 Å². The number of halogens is 1. The van der Waals surface area contributed by atoms with E-state index in [9.17, 15) is 8.42 Å². The lowest BCUT2D eigenvalue weighted by atomic mass is 10.3. The van der Waals surface area contributed by atoms with E-state index in [1.807, 2.05) is 0 Å². The van der Waals surface area contributed by atoms with Crippen LogP contribution in [-0.2, 0) is 10.0 Å². The maximum atomic E-state index is 12.2. The Morgan fingerprint density at radius 3 is 2.68 bits per heavy atom. The standard InChI is InChI=1S/C11H11BrN2O3S2/c1-7-6-18-11(13-7)14-19(15,16)8-3-4-10(17-2)9(12)5-8/h3-6H,1-2H3,(H,13,14). The summed E-state index contributed by atoms with van der Waals surface area (Å²) in [7, 11) is -2.12. The molecule has 19 heavy (non-hydrogen) atoms. The highest BCUT2D eigenvalue weighted by atomic mass is 79.9. The van der Waals surface area contributed by atoms with Crippen LogP contribution < -0.4 is 9.46 Å². The third-order valence-electron chi connectivity index (χ3n) is 2.27. The summed E-state index contributed by atoms with van der Waals surface area (Å²) in [4.78, 5) is 4.22. The van der Waals surface area contributed by atoms with Crippen LogP contribution in [0, 0.1) is 6.92 Å². The van der Waals surface area contributed by atoms with E-state index in [1.54, 1.807) is 18.4 Å². The van der Waals surface area contributed by atoms with Crippen LogP contribution in [-0.4, -0.2) is 20.5 Å². The van der Waals surface area contributed by atoms with Gasteiger partial charge in [-0.3, -0.25) is 4.72 Å². The van der Waals surface area contributed by atoms with Crippen molar-refractivity contribution in [3.8, 4) is 5.75 Å². The highest BCUT2D eigenvalue weighted by molar-refractivity contribution is 9.10.